The number of hydrogen-bond donors (Lipinski definition) is 1. The van der Waals surface area contributed by atoms with Crippen LogP contribution in [-0.4, -0.2) is 19.1 Å². The second-order valence-electron chi connectivity index (χ2n) is 5.40. The highest BCUT2D eigenvalue weighted by atomic mass is 35.5. The Balaban J connectivity index is 2.10. The first-order chi connectivity index (χ1) is 9.70. The van der Waals surface area contributed by atoms with Crippen molar-refractivity contribution in [2.75, 3.05) is 12.4 Å². The lowest BCUT2D eigenvalue weighted by Gasteiger charge is -2.25. The number of esters is 1. The van der Waals surface area contributed by atoms with E-state index in [-0.39, 0.29) is 12.0 Å². The van der Waals surface area contributed by atoms with Gasteiger partial charge in [-0.1, -0.05) is 37.3 Å². The van der Waals surface area contributed by atoms with E-state index in [1.54, 1.807) is 0 Å². The Morgan fingerprint density at radius 2 is 1.80 bits per heavy atom. The van der Waals surface area contributed by atoms with Crippen molar-refractivity contribution < 1.29 is 9.53 Å². The maximum atomic E-state index is 12.1. The maximum absolute atomic E-state index is 12.1. The van der Waals surface area contributed by atoms with Gasteiger partial charge in [-0.2, -0.15) is 0 Å². The fourth-order valence-corrected chi connectivity index (χ4v) is 2.99. The summed E-state index contributed by atoms with van der Waals surface area (Å²) in [6.07, 6.45) is 7.10. The quantitative estimate of drug-likeness (QED) is 0.666. The van der Waals surface area contributed by atoms with E-state index in [2.05, 4.69) is 5.32 Å². The fourth-order valence-electron chi connectivity index (χ4n) is 2.87. The van der Waals surface area contributed by atoms with Gasteiger partial charge in [-0.05, 0) is 43.0 Å². The average molecular weight is 296 g/mol. The summed E-state index contributed by atoms with van der Waals surface area (Å²) in [6.45, 7) is 0. The predicted molar refractivity (Wildman–Crippen MR) is 82.1 cm³/mol. The topological polar surface area (TPSA) is 38.3 Å². The minimum atomic E-state index is -0.265. The van der Waals surface area contributed by atoms with Crippen LogP contribution in [0.15, 0.2) is 24.3 Å². The first-order valence-electron chi connectivity index (χ1n) is 7.30. The van der Waals surface area contributed by atoms with Crippen LogP contribution in [0.2, 0.25) is 5.02 Å². The highest BCUT2D eigenvalue weighted by Gasteiger charge is 2.29. The van der Waals surface area contributed by atoms with Crippen LogP contribution in [0, 0.1) is 5.92 Å². The third kappa shape index (κ3) is 4.14. The van der Waals surface area contributed by atoms with E-state index < -0.39 is 0 Å². The predicted octanol–water partition coefficient (Wildman–Crippen LogP) is 4.26. The molecule has 1 saturated carbocycles. The van der Waals surface area contributed by atoms with Gasteiger partial charge in [-0.3, -0.25) is 0 Å². The Morgan fingerprint density at radius 1 is 1.20 bits per heavy atom. The Labute approximate surface area is 125 Å². The van der Waals surface area contributed by atoms with Crippen LogP contribution >= 0.6 is 11.6 Å². The third-order valence-corrected chi connectivity index (χ3v) is 4.24. The molecule has 0 amide bonds. The number of carbonyl (C=O) groups is 1. The molecule has 1 fully saturated rings. The van der Waals surface area contributed by atoms with Gasteiger partial charge in [0.15, 0.2) is 0 Å². The molecule has 0 bridgehead atoms. The second-order valence-corrected chi connectivity index (χ2v) is 5.84. The molecule has 1 atom stereocenters. The van der Waals surface area contributed by atoms with Crippen LogP contribution in [0.5, 0.6) is 0 Å². The molecule has 110 valence electrons. The molecule has 20 heavy (non-hydrogen) atoms. The van der Waals surface area contributed by atoms with Crippen molar-refractivity contribution in [3.8, 4) is 0 Å². The van der Waals surface area contributed by atoms with Gasteiger partial charge in [0.25, 0.3) is 0 Å². The number of hydrogen-bond acceptors (Lipinski definition) is 3. The van der Waals surface area contributed by atoms with E-state index in [1.165, 1.54) is 32.8 Å². The zero-order chi connectivity index (χ0) is 14.4. The lowest BCUT2D eigenvalue weighted by molar-refractivity contribution is -0.142. The van der Waals surface area contributed by atoms with Crippen molar-refractivity contribution in [1.29, 1.82) is 0 Å². The van der Waals surface area contributed by atoms with Crippen molar-refractivity contribution in [1.82, 2.24) is 0 Å². The molecular formula is C16H22ClNO2. The van der Waals surface area contributed by atoms with Crippen molar-refractivity contribution in [2.45, 2.75) is 44.6 Å². The summed E-state index contributed by atoms with van der Waals surface area (Å²) in [7, 11) is 1.45. The van der Waals surface area contributed by atoms with Gasteiger partial charge >= 0.3 is 5.97 Å². The minimum Gasteiger partial charge on any atom is -0.467 e. The summed E-state index contributed by atoms with van der Waals surface area (Å²) < 4.78 is 4.97. The molecule has 0 saturated heterocycles. The van der Waals surface area contributed by atoms with Gasteiger partial charge in [0.05, 0.1) is 7.11 Å². The van der Waals surface area contributed by atoms with Crippen LogP contribution in [0.3, 0.4) is 0 Å². The number of methoxy groups -OCH3 is 1. The molecule has 4 heteroatoms. The zero-order valence-electron chi connectivity index (χ0n) is 11.9. The zero-order valence-corrected chi connectivity index (χ0v) is 12.7. The number of nitrogens with one attached hydrogen (secondary N) is 1. The first kappa shape index (κ1) is 15.2. The van der Waals surface area contributed by atoms with Crippen LogP contribution < -0.4 is 5.32 Å². The first-order valence-corrected chi connectivity index (χ1v) is 7.68. The summed E-state index contributed by atoms with van der Waals surface area (Å²) in [6, 6.07) is 7.18. The maximum Gasteiger partial charge on any atom is 0.328 e. The molecule has 1 aliphatic rings. The molecule has 0 aliphatic heterocycles. The molecule has 1 aromatic carbocycles. The normalized spacial score (nSPS) is 18.1. The Bertz CT molecular complexity index is 425. The number of benzene rings is 1. The number of rotatable bonds is 4. The SMILES string of the molecule is COC(=O)C(Nc1ccc(Cl)cc1)C1CCCCCC1. The van der Waals surface area contributed by atoms with Crippen molar-refractivity contribution in [3.63, 3.8) is 0 Å². The molecular weight excluding hydrogens is 274 g/mol. The molecule has 1 aromatic rings. The smallest absolute Gasteiger partial charge is 0.328 e. The molecule has 1 aliphatic carbocycles. The largest absolute Gasteiger partial charge is 0.467 e. The highest BCUT2D eigenvalue weighted by molar-refractivity contribution is 6.30. The van der Waals surface area contributed by atoms with E-state index in [4.69, 9.17) is 16.3 Å². The number of carbonyl (C=O) groups excluding carboxylic acids is 1. The van der Waals surface area contributed by atoms with Gasteiger partial charge in [-0.15, -0.1) is 0 Å². The van der Waals surface area contributed by atoms with Crippen LogP contribution in [0.25, 0.3) is 0 Å². The molecule has 1 N–H and O–H groups in total. The van der Waals surface area contributed by atoms with Crippen LogP contribution in [0.4, 0.5) is 5.69 Å². The van der Waals surface area contributed by atoms with E-state index in [0.29, 0.717) is 10.9 Å². The average Bonchev–Trinajstić information content (AvgIpc) is 2.75. The van der Waals surface area contributed by atoms with Gasteiger partial charge in [0, 0.05) is 10.7 Å². The summed E-state index contributed by atoms with van der Waals surface area (Å²) in [5.74, 6) is 0.174. The number of halogens is 1. The Kier molecular flexibility index (Phi) is 5.72. The summed E-state index contributed by atoms with van der Waals surface area (Å²) in [5.41, 5.74) is 0.911. The monoisotopic (exact) mass is 295 g/mol. The molecule has 2 rings (SSSR count). The number of anilines is 1. The second kappa shape index (κ2) is 7.53. The van der Waals surface area contributed by atoms with Crippen molar-refractivity contribution in [2.24, 2.45) is 5.92 Å². The summed E-state index contributed by atoms with van der Waals surface area (Å²) >= 11 is 5.89. The van der Waals surface area contributed by atoms with E-state index in [0.717, 1.165) is 18.5 Å². The van der Waals surface area contributed by atoms with Crippen molar-refractivity contribution >= 4 is 23.3 Å². The Morgan fingerprint density at radius 3 is 2.35 bits per heavy atom. The lowest BCUT2D eigenvalue weighted by atomic mass is 9.91. The standard InChI is InChI=1S/C16H22ClNO2/c1-20-16(19)15(12-6-4-2-3-5-7-12)18-14-10-8-13(17)9-11-14/h8-12,15,18H,2-7H2,1H3. The van der Waals surface area contributed by atoms with Gasteiger partial charge < -0.3 is 10.1 Å². The fraction of sp³-hybridized carbons (Fsp3) is 0.562. The lowest BCUT2D eigenvalue weighted by Crippen LogP contribution is -2.37. The van der Waals surface area contributed by atoms with E-state index in [9.17, 15) is 4.79 Å². The molecule has 0 spiro atoms. The highest BCUT2D eigenvalue weighted by Crippen LogP contribution is 2.28. The third-order valence-electron chi connectivity index (χ3n) is 3.99. The van der Waals surface area contributed by atoms with E-state index in [1.807, 2.05) is 24.3 Å². The summed E-state index contributed by atoms with van der Waals surface area (Å²) in [5, 5.41) is 4.02. The molecule has 3 nitrogen and oxygen atoms in total. The minimum absolute atomic E-state index is 0.174. The molecule has 0 heterocycles. The van der Waals surface area contributed by atoms with Crippen LogP contribution in [0.1, 0.15) is 38.5 Å². The molecule has 0 radical (unpaired) electrons. The van der Waals surface area contributed by atoms with Gasteiger partial charge in [0.2, 0.25) is 0 Å². The Hall–Kier alpha value is -1.22. The van der Waals surface area contributed by atoms with E-state index >= 15 is 0 Å². The molecule has 0 aromatic heterocycles. The van der Waals surface area contributed by atoms with Gasteiger partial charge in [0.1, 0.15) is 6.04 Å². The molecule has 1 unspecified atom stereocenters. The van der Waals surface area contributed by atoms with Crippen LogP contribution in [-0.2, 0) is 9.53 Å². The van der Waals surface area contributed by atoms with Gasteiger partial charge in [-0.25, -0.2) is 4.79 Å². The summed E-state index contributed by atoms with van der Waals surface area (Å²) in [4.78, 5) is 12.1. The van der Waals surface area contributed by atoms with Crippen molar-refractivity contribution in [3.05, 3.63) is 29.3 Å². The number of ether oxygens (including phenoxy) is 1.